The van der Waals surface area contributed by atoms with Gasteiger partial charge in [-0.05, 0) is 25.0 Å². The second-order valence-electron chi connectivity index (χ2n) is 3.92. The first-order valence-corrected chi connectivity index (χ1v) is 5.98. The maximum atomic E-state index is 6.10. The maximum absolute atomic E-state index is 6.10. The quantitative estimate of drug-likeness (QED) is 0.886. The third-order valence-electron chi connectivity index (χ3n) is 3.01. The Kier molecular flexibility index (Phi) is 3.06. The number of aromatic nitrogens is 2. The lowest BCUT2D eigenvalue weighted by Gasteiger charge is -2.16. The van der Waals surface area contributed by atoms with Crippen LogP contribution in [0.5, 0.6) is 0 Å². The molecule has 3 nitrogen and oxygen atoms in total. The summed E-state index contributed by atoms with van der Waals surface area (Å²) < 4.78 is 2.08. The molecule has 0 bridgehead atoms. The number of rotatable bonds is 3. The summed E-state index contributed by atoms with van der Waals surface area (Å²) >= 11 is 6.10. The topological polar surface area (TPSA) is 43.8 Å². The van der Waals surface area contributed by atoms with Crippen molar-refractivity contribution in [2.75, 3.05) is 5.73 Å². The van der Waals surface area contributed by atoms with Gasteiger partial charge in [0, 0.05) is 6.04 Å². The molecule has 1 aromatic heterocycles. The number of nitrogens with two attached hydrogens (primary N) is 1. The van der Waals surface area contributed by atoms with Crippen LogP contribution in [0.3, 0.4) is 0 Å². The van der Waals surface area contributed by atoms with Crippen molar-refractivity contribution in [1.82, 2.24) is 9.55 Å². The number of nitrogen functional groups attached to an aromatic ring is 1. The third kappa shape index (κ3) is 1.65. The van der Waals surface area contributed by atoms with Gasteiger partial charge in [-0.25, -0.2) is 4.98 Å². The van der Waals surface area contributed by atoms with Crippen LogP contribution in [-0.2, 0) is 0 Å². The summed E-state index contributed by atoms with van der Waals surface area (Å²) in [5, 5.41) is 0.661. The molecule has 0 spiro atoms. The lowest BCUT2D eigenvalue weighted by atomic mass is 10.1. The van der Waals surface area contributed by atoms with Crippen LogP contribution >= 0.6 is 11.6 Å². The number of fused-ring (bicyclic) bond motifs is 1. The van der Waals surface area contributed by atoms with Gasteiger partial charge in [0.05, 0.1) is 10.5 Å². The zero-order valence-electron chi connectivity index (χ0n) is 9.57. The zero-order valence-corrected chi connectivity index (χ0v) is 10.3. The highest BCUT2D eigenvalue weighted by atomic mass is 35.5. The Hall–Kier alpha value is -1.22. The van der Waals surface area contributed by atoms with E-state index in [4.69, 9.17) is 17.3 Å². The second-order valence-corrected chi connectivity index (χ2v) is 4.33. The van der Waals surface area contributed by atoms with Crippen molar-refractivity contribution < 1.29 is 0 Å². The van der Waals surface area contributed by atoms with Gasteiger partial charge in [0.2, 0.25) is 5.95 Å². The van der Waals surface area contributed by atoms with E-state index in [2.05, 4.69) is 23.4 Å². The number of anilines is 1. The fourth-order valence-corrected chi connectivity index (χ4v) is 2.35. The van der Waals surface area contributed by atoms with E-state index in [1.807, 2.05) is 18.2 Å². The lowest BCUT2D eigenvalue weighted by Crippen LogP contribution is -2.10. The van der Waals surface area contributed by atoms with Gasteiger partial charge < -0.3 is 10.3 Å². The van der Waals surface area contributed by atoms with Crippen molar-refractivity contribution >= 4 is 28.6 Å². The van der Waals surface area contributed by atoms with E-state index in [0.717, 1.165) is 23.9 Å². The van der Waals surface area contributed by atoms with Gasteiger partial charge in [-0.15, -0.1) is 0 Å². The van der Waals surface area contributed by atoms with Gasteiger partial charge in [0.1, 0.15) is 5.52 Å². The molecule has 0 radical (unpaired) electrons. The van der Waals surface area contributed by atoms with Crippen molar-refractivity contribution in [1.29, 1.82) is 0 Å². The SMILES string of the molecule is CCC(CC)n1c(N)nc2c(Cl)cccc21. The average Bonchev–Trinajstić information content (AvgIpc) is 2.60. The summed E-state index contributed by atoms with van der Waals surface area (Å²) in [6.45, 7) is 4.31. The third-order valence-corrected chi connectivity index (χ3v) is 3.31. The molecule has 0 aliphatic heterocycles. The Morgan fingerprint density at radius 2 is 2.06 bits per heavy atom. The average molecular weight is 238 g/mol. The zero-order chi connectivity index (χ0) is 11.7. The number of nitrogens with zero attached hydrogens (tertiary/aromatic N) is 2. The molecule has 16 heavy (non-hydrogen) atoms. The van der Waals surface area contributed by atoms with E-state index in [0.29, 0.717) is 17.0 Å². The van der Waals surface area contributed by atoms with Crippen molar-refractivity contribution in [3.05, 3.63) is 23.2 Å². The molecule has 0 saturated heterocycles. The Bertz CT molecular complexity index is 500. The standard InChI is InChI=1S/C12H16ClN3/c1-3-8(4-2)16-10-7-5-6-9(13)11(10)15-12(16)14/h5-8H,3-4H2,1-2H3,(H2,14,15). The minimum Gasteiger partial charge on any atom is -0.369 e. The Morgan fingerprint density at radius 3 is 2.69 bits per heavy atom. The van der Waals surface area contributed by atoms with Gasteiger partial charge in [-0.2, -0.15) is 0 Å². The number of para-hydroxylation sites is 1. The molecule has 2 rings (SSSR count). The van der Waals surface area contributed by atoms with Crippen LogP contribution in [0.4, 0.5) is 5.95 Å². The second kappa shape index (κ2) is 4.34. The number of hydrogen-bond acceptors (Lipinski definition) is 2. The molecule has 0 unspecified atom stereocenters. The molecule has 2 N–H and O–H groups in total. The highest BCUT2D eigenvalue weighted by Gasteiger charge is 2.15. The summed E-state index contributed by atoms with van der Waals surface area (Å²) in [6, 6.07) is 6.18. The summed E-state index contributed by atoms with van der Waals surface area (Å²) in [5.74, 6) is 0.553. The first-order valence-electron chi connectivity index (χ1n) is 5.61. The van der Waals surface area contributed by atoms with Crippen LogP contribution in [-0.4, -0.2) is 9.55 Å². The number of hydrogen-bond donors (Lipinski definition) is 1. The molecule has 0 saturated carbocycles. The van der Waals surface area contributed by atoms with Crippen molar-refractivity contribution in [3.63, 3.8) is 0 Å². The Balaban J connectivity index is 2.69. The van der Waals surface area contributed by atoms with E-state index in [9.17, 15) is 0 Å². The van der Waals surface area contributed by atoms with Crippen LogP contribution in [0.1, 0.15) is 32.7 Å². The molecule has 0 aliphatic carbocycles. The molecule has 0 fully saturated rings. The van der Waals surface area contributed by atoms with E-state index < -0.39 is 0 Å². The molecule has 0 aliphatic rings. The molecule has 0 atom stereocenters. The van der Waals surface area contributed by atoms with Crippen molar-refractivity contribution in [2.45, 2.75) is 32.7 Å². The monoisotopic (exact) mass is 237 g/mol. The van der Waals surface area contributed by atoms with Crippen LogP contribution in [0.15, 0.2) is 18.2 Å². The fourth-order valence-electron chi connectivity index (χ4n) is 2.14. The molecule has 1 heterocycles. The minimum atomic E-state index is 0.392. The smallest absolute Gasteiger partial charge is 0.201 e. The van der Waals surface area contributed by atoms with Gasteiger partial charge in [0.15, 0.2) is 0 Å². The number of benzene rings is 1. The van der Waals surface area contributed by atoms with Gasteiger partial charge >= 0.3 is 0 Å². The maximum Gasteiger partial charge on any atom is 0.201 e. The van der Waals surface area contributed by atoms with Crippen LogP contribution < -0.4 is 5.73 Å². The van der Waals surface area contributed by atoms with E-state index in [1.54, 1.807) is 0 Å². The summed E-state index contributed by atoms with van der Waals surface area (Å²) in [7, 11) is 0. The molecule has 2 aromatic rings. The number of halogens is 1. The molecule has 0 amide bonds. The first-order chi connectivity index (χ1) is 7.69. The number of imidazole rings is 1. The molecule has 1 aromatic carbocycles. The van der Waals surface area contributed by atoms with E-state index >= 15 is 0 Å². The van der Waals surface area contributed by atoms with Crippen LogP contribution in [0, 0.1) is 0 Å². The molecular formula is C12H16ClN3. The van der Waals surface area contributed by atoms with E-state index in [-0.39, 0.29) is 0 Å². The molecular weight excluding hydrogens is 222 g/mol. The van der Waals surface area contributed by atoms with Crippen LogP contribution in [0.2, 0.25) is 5.02 Å². The predicted octanol–water partition coefficient (Wildman–Crippen LogP) is 3.63. The minimum absolute atomic E-state index is 0.392. The van der Waals surface area contributed by atoms with Crippen molar-refractivity contribution in [3.8, 4) is 0 Å². The highest BCUT2D eigenvalue weighted by Crippen LogP contribution is 2.30. The van der Waals surface area contributed by atoms with E-state index in [1.165, 1.54) is 0 Å². The van der Waals surface area contributed by atoms with Crippen molar-refractivity contribution in [2.24, 2.45) is 0 Å². The van der Waals surface area contributed by atoms with Gasteiger partial charge in [-0.3, -0.25) is 0 Å². The Morgan fingerprint density at radius 1 is 1.38 bits per heavy atom. The predicted molar refractivity (Wildman–Crippen MR) is 68.8 cm³/mol. The lowest BCUT2D eigenvalue weighted by molar-refractivity contribution is 0.489. The summed E-state index contributed by atoms with van der Waals surface area (Å²) in [4.78, 5) is 4.34. The Labute approximate surface area is 100 Å². The summed E-state index contributed by atoms with van der Waals surface area (Å²) in [5.41, 5.74) is 7.79. The largest absolute Gasteiger partial charge is 0.369 e. The van der Waals surface area contributed by atoms with Gasteiger partial charge in [0.25, 0.3) is 0 Å². The summed E-state index contributed by atoms with van der Waals surface area (Å²) in [6.07, 6.45) is 2.08. The van der Waals surface area contributed by atoms with Gasteiger partial charge in [-0.1, -0.05) is 31.5 Å². The molecule has 4 heteroatoms. The van der Waals surface area contributed by atoms with Crippen LogP contribution in [0.25, 0.3) is 11.0 Å². The first kappa shape index (κ1) is 11.3. The highest BCUT2D eigenvalue weighted by molar-refractivity contribution is 6.35. The molecule has 86 valence electrons. The fraction of sp³-hybridized carbons (Fsp3) is 0.417. The normalized spacial score (nSPS) is 11.5.